The minimum absolute atomic E-state index is 0.00381. The van der Waals surface area contributed by atoms with Gasteiger partial charge in [-0.3, -0.25) is 4.79 Å². The van der Waals surface area contributed by atoms with Gasteiger partial charge in [-0.05, 0) is 64.2 Å². The number of hydrogen-bond donors (Lipinski definition) is 2. The summed E-state index contributed by atoms with van der Waals surface area (Å²) in [6.07, 6.45) is 12.5. The third kappa shape index (κ3) is 4.83. The van der Waals surface area contributed by atoms with Crippen LogP contribution in [-0.2, 0) is 6.42 Å². The molecule has 0 spiro atoms. The van der Waals surface area contributed by atoms with E-state index in [-0.39, 0.29) is 28.7 Å². The number of unbranched alkanes of at least 4 members (excludes halogenated alkanes) is 2. The quantitative estimate of drug-likeness (QED) is 0.252. The lowest BCUT2D eigenvalue weighted by molar-refractivity contribution is 0.0107. The second-order valence-corrected chi connectivity index (χ2v) is 9.82. The van der Waals surface area contributed by atoms with Crippen molar-refractivity contribution >= 4 is 12.1 Å². The SMILES string of the molecule is CCCCCc1cc2c(c(O)c1C(=O)NN=Cc1ncccn1)[C@@H]1C=C(C)CC[C@H]1C(C)(C)O2. The number of phenols is 1. The van der Waals surface area contributed by atoms with E-state index in [2.05, 4.69) is 54.3 Å². The van der Waals surface area contributed by atoms with Gasteiger partial charge in [0.15, 0.2) is 5.82 Å². The molecule has 2 atom stereocenters. The summed E-state index contributed by atoms with van der Waals surface area (Å²) in [4.78, 5) is 21.4. The predicted molar refractivity (Wildman–Crippen MR) is 132 cm³/mol. The fraction of sp³-hybridized carbons (Fsp3) is 0.481. The van der Waals surface area contributed by atoms with E-state index in [0.717, 1.165) is 37.7 Å². The summed E-state index contributed by atoms with van der Waals surface area (Å²) in [5.41, 5.74) is 5.27. The van der Waals surface area contributed by atoms with Crippen LogP contribution in [0.15, 0.2) is 41.3 Å². The van der Waals surface area contributed by atoms with Gasteiger partial charge in [-0.1, -0.05) is 31.4 Å². The first-order valence-electron chi connectivity index (χ1n) is 12.2. The Balaban J connectivity index is 1.74. The fourth-order valence-corrected chi connectivity index (χ4v) is 5.21. The Morgan fingerprint density at radius 3 is 2.82 bits per heavy atom. The zero-order chi connectivity index (χ0) is 24.3. The van der Waals surface area contributed by atoms with E-state index in [1.165, 1.54) is 11.8 Å². The number of nitrogens with zero attached hydrogens (tertiary/aromatic N) is 3. The van der Waals surface area contributed by atoms with Crippen molar-refractivity contribution in [2.75, 3.05) is 0 Å². The lowest BCUT2D eigenvalue weighted by Crippen LogP contribution is -2.45. The number of hydrazone groups is 1. The zero-order valence-electron chi connectivity index (χ0n) is 20.5. The molecule has 0 saturated heterocycles. The third-order valence-electron chi connectivity index (χ3n) is 6.94. The van der Waals surface area contributed by atoms with Crippen LogP contribution < -0.4 is 10.2 Å². The standard InChI is InChI=1S/C27H34N4O3/c1-5-6-7-9-18-15-21-24(19-14-17(2)10-11-20(19)27(3,4)34-21)25(32)23(18)26(33)31-30-16-22-28-12-8-13-29-22/h8,12-16,19-20,32H,5-7,9-11H2,1-4H3,(H,31,33)/t19-,20-/m1/s1. The molecule has 2 aromatic rings. The van der Waals surface area contributed by atoms with Crippen molar-refractivity contribution < 1.29 is 14.6 Å². The maximum Gasteiger partial charge on any atom is 0.275 e. The van der Waals surface area contributed by atoms with Crippen LogP contribution in [0, 0.1) is 5.92 Å². The number of hydrogen-bond acceptors (Lipinski definition) is 6. The molecule has 1 aromatic heterocycles. The number of carbonyl (C=O) groups excluding carboxylic acids is 1. The van der Waals surface area contributed by atoms with Gasteiger partial charge in [0.1, 0.15) is 17.1 Å². The van der Waals surface area contributed by atoms with Gasteiger partial charge < -0.3 is 9.84 Å². The highest BCUT2D eigenvalue weighted by Crippen LogP contribution is 2.54. The summed E-state index contributed by atoms with van der Waals surface area (Å²) < 4.78 is 6.46. The molecule has 2 aliphatic rings. The lowest BCUT2D eigenvalue weighted by atomic mass is 9.67. The molecule has 1 aliphatic carbocycles. The van der Waals surface area contributed by atoms with Gasteiger partial charge in [0.05, 0.1) is 11.8 Å². The number of amides is 1. The number of aromatic nitrogens is 2. The van der Waals surface area contributed by atoms with E-state index < -0.39 is 5.91 Å². The van der Waals surface area contributed by atoms with E-state index in [9.17, 15) is 9.90 Å². The average molecular weight is 463 g/mol. The zero-order valence-corrected chi connectivity index (χ0v) is 20.5. The van der Waals surface area contributed by atoms with Crippen molar-refractivity contribution in [3.63, 3.8) is 0 Å². The number of nitrogens with one attached hydrogen (secondary N) is 1. The third-order valence-corrected chi connectivity index (χ3v) is 6.94. The summed E-state index contributed by atoms with van der Waals surface area (Å²) in [7, 11) is 0. The van der Waals surface area contributed by atoms with Crippen LogP contribution in [-0.4, -0.2) is 32.8 Å². The number of rotatable bonds is 7. The number of ether oxygens (including phenoxy) is 1. The molecule has 0 saturated carbocycles. The second kappa shape index (κ2) is 9.95. The van der Waals surface area contributed by atoms with Gasteiger partial charge in [0, 0.05) is 29.8 Å². The number of phenolic OH excluding ortho intramolecular Hbond substituents is 1. The molecular weight excluding hydrogens is 428 g/mol. The molecule has 7 heteroatoms. The molecule has 0 fully saturated rings. The largest absolute Gasteiger partial charge is 0.507 e. The van der Waals surface area contributed by atoms with Crippen LogP contribution in [0.4, 0.5) is 0 Å². The van der Waals surface area contributed by atoms with Crippen LogP contribution in [0.3, 0.4) is 0 Å². The van der Waals surface area contributed by atoms with Crippen LogP contribution in [0.25, 0.3) is 0 Å². The summed E-state index contributed by atoms with van der Waals surface area (Å²) >= 11 is 0. The Morgan fingerprint density at radius 2 is 2.09 bits per heavy atom. The Kier molecular flexibility index (Phi) is 7.00. The summed E-state index contributed by atoms with van der Waals surface area (Å²) in [5.74, 6) is 0.858. The minimum Gasteiger partial charge on any atom is -0.507 e. The summed E-state index contributed by atoms with van der Waals surface area (Å²) in [5, 5.41) is 15.5. The van der Waals surface area contributed by atoms with Crippen LogP contribution in [0.1, 0.15) is 93.0 Å². The summed E-state index contributed by atoms with van der Waals surface area (Å²) in [6, 6.07) is 3.67. The first-order chi connectivity index (χ1) is 16.3. The minimum atomic E-state index is -0.447. The molecular formula is C27H34N4O3. The van der Waals surface area contributed by atoms with Gasteiger partial charge in [-0.25, -0.2) is 15.4 Å². The Labute approximate surface area is 201 Å². The monoisotopic (exact) mass is 462 g/mol. The molecule has 2 N–H and O–H groups in total. The van der Waals surface area contributed by atoms with E-state index >= 15 is 0 Å². The van der Waals surface area contributed by atoms with Gasteiger partial charge >= 0.3 is 0 Å². The Bertz CT molecular complexity index is 1110. The van der Waals surface area contributed by atoms with Gasteiger partial charge in [-0.2, -0.15) is 5.10 Å². The van der Waals surface area contributed by atoms with Crippen molar-refractivity contribution in [2.24, 2.45) is 11.0 Å². The number of allylic oxidation sites excluding steroid dienone is 2. The van der Waals surface area contributed by atoms with E-state index in [4.69, 9.17) is 4.74 Å². The smallest absolute Gasteiger partial charge is 0.275 e. The van der Waals surface area contributed by atoms with E-state index in [1.54, 1.807) is 18.5 Å². The van der Waals surface area contributed by atoms with Crippen molar-refractivity contribution in [1.82, 2.24) is 15.4 Å². The van der Waals surface area contributed by atoms with Gasteiger partial charge in [0.25, 0.3) is 5.91 Å². The number of aromatic hydroxyl groups is 1. The first-order valence-corrected chi connectivity index (χ1v) is 12.2. The molecule has 7 nitrogen and oxygen atoms in total. The molecule has 0 radical (unpaired) electrons. The van der Waals surface area contributed by atoms with Crippen molar-refractivity contribution in [1.29, 1.82) is 0 Å². The maximum atomic E-state index is 13.3. The van der Waals surface area contributed by atoms with Crippen LogP contribution >= 0.6 is 0 Å². The average Bonchev–Trinajstić information content (AvgIpc) is 2.79. The molecule has 0 bridgehead atoms. The molecule has 0 unspecified atom stereocenters. The molecule has 34 heavy (non-hydrogen) atoms. The second-order valence-electron chi connectivity index (χ2n) is 9.82. The molecule has 180 valence electrons. The van der Waals surface area contributed by atoms with Crippen LogP contribution in [0.2, 0.25) is 0 Å². The number of aryl methyl sites for hydroxylation is 1. The van der Waals surface area contributed by atoms with Crippen molar-refractivity contribution in [3.8, 4) is 11.5 Å². The Hall–Kier alpha value is -3.22. The molecule has 2 heterocycles. The van der Waals surface area contributed by atoms with Crippen molar-refractivity contribution in [3.05, 3.63) is 58.7 Å². The highest BCUT2D eigenvalue weighted by atomic mass is 16.5. The normalized spacial score (nSPS) is 20.8. The fourth-order valence-electron chi connectivity index (χ4n) is 5.21. The van der Waals surface area contributed by atoms with Gasteiger partial charge in [-0.15, -0.1) is 0 Å². The van der Waals surface area contributed by atoms with E-state index in [1.807, 2.05) is 6.07 Å². The Morgan fingerprint density at radius 1 is 1.32 bits per heavy atom. The summed E-state index contributed by atoms with van der Waals surface area (Å²) in [6.45, 7) is 8.51. The number of fused-ring (bicyclic) bond motifs is 3. The topological polar surface area (TPSA) is 96.7 Å². The number of carbonyl (C=O) groups is 1. The highest BCUT2D eigenvalue weighted by Gasteiger charge is 2.46. The predicted octanol–water partition coefficient (Wildman–Crippen LogP) is 5.29. The molecule has 1 aromatic carbocycles. The molecule has 4 rings (SSSR count). The van der Waals surface area contributed by atoms with Crippen LogP contribution in [0.5, 0.6) is 11.5 Å². The molecule has 1 aliphatic heterocycles. The van der Waals surface area contributed by atoms with E-state index in [0.29, 0.717) is 23.6 Å². The number of benzene rings is 1. The molecule has 1 amide bonds. The maximum absolute atomic E-state index is 13.3. The van der Waals surface area contributed by atoms with Crippen molar-refractivity contribution in [2.45, 2.75) is 77.7 Å². The van der Waals surface area contributed by atoms with Gasteiger partial charge in [0.2, 0.25) is 0 Å². The lowest BCUT2D eigenvalue weighted by Gasteiger charge is -2.46. The highest BCUT2D eigenvalue weighted by molar-refractivity contribution is 5.99. The first kappa shape index (κ1) is 23.9.